The van der Waals surface area contributed by atoms with Crippen LogP contribution in [0.1, 0.15) is 15.9 Å². The van der Waals surface area contributed by atoms with Crippen molar-refractivity contribution in [2.75, 3.05) is 5.32 Å². The summed E-state index contributed by atoms with van der Waals surface area (Å²) < 4.78 is 27.2. The van der Waals surface area contributed by atoms with Gasteiger partial charge in [-0.15, -0.1) is 0 Å². The van der Waals surface area contributed by atoms with Crippen LogP contribution < -0.4 is 10.6 Å². The van der Waals surface area contributed by atoms with Crippen LogP contribution in [-0.2, 0) is 6.54 Å². The SMILES string of the molecule is C=C1C=C(C(F)F)n2ncc(C(=O)NCc3ccc(Cl)cc3Cl)c2N1. The van der Waals surface area contributed by atoms with Crippen molar-refractivity contribution in [1.82, 2.24) is 15.1 Å². The first kappa shape index (κ1) is 17.4. The maximum absolute atomic E-state index is 13.1. The van der Waals surface area contributed by atoms with Crippen molar-refractivity contribution in [2.24, 2.45) is 0 Å². The van der Waals surface area contributed by atoms with Gasteiger partial charge in [0.05, 0.1) is 6.20 Å². The second-order valence-electron chi connectivity index (χ2n) is 5.26. The van der Waals surface area contributed by atoms with E-state index in [9.17, 15) is 13.6 Å². The quantitative estimate of drug-likeness (QED) is 0.831. The normalized spacial score (nSPS) is 13.3. The molecule has 0 aliphatic carbocycles. The summed E-state index contributed by atoms with van der Waals surface area (Å²) in [5, 5.41) is 10.2. The smallest absolute Gasteiger partial charge is 0.280 e. The number of hydrogen-bond donors (Lipinski definition) is 2. The third kappa shape index (κ3) is 3.52. The van der Waals surface area contributed by atoms with Crippen LogP contribution in [0, 0.1) is 0 Å². The van der Waals surface area contributed by atoms with Crippen molar-refractivity contribution in [1.29, 1.82) is 0 Å². The fourth-order valence-electron chi connectivity index (χ4n) is 2.35. The van der Waals surface area contributed by atoms with Crippen LogP contribution in [0.15, 0.2) is 42.7 Å². The van der Waals surface area contributed by atoms with E-state index < -0.39 is 12.3 Å². The Morgan fingerprint density at radius 3 is 2.84 bits per heavy atom. The van der Waals surface area contributed by atoms with Crippen molar-refractivity contribution in [3.05, 3.63) is 63.9 Å². The molecule has 0 spiro atoms. The number of rotatable bonds is 4. The molecule has 25 heavy (non-hydrogen) atoms. The van der Waals surface area contributed by atoms with Gasteiger partial charge in [0.2, 0.25) is 0 Å². The molecule has 2 heterocycles. The van der Waals surface area contributed by atoms with E-state index in [4.69, 9.17) is 23.2 Å². The van der Waals surface area contributed by atoms with Gasteiger partial charge < -0.3 is 10.6 Å². The second kappa shape index (κ2) is 6.85. The van der Waals surface area contributed by atoms with E-state index in [1.54, 1.807) is 18.2 Å². The molecule has 0 unspecified atom stereocenters. The summed E-state index contributed by atoms with van der Waals surface area (Å²) in [4.78, 5) is 12.4. The minimum Gasteiger partial charge on any atom is -0.348 e. The van der Waals surface area contributed by atoms with Gasteiger partial charge in [-0.05, 0) is 23.8 Å². The van der Waals surface area contributed by atoms with Crippen LogP contribution in [0.2, 0.25) is 10.0 Å². The van der Waals surface area contributed by atoms with E-state index in [2.05, 4.69) is 22.3 Å². The molecule has 0 atom stereocenters. The largest absolute Gasteiger partial charge is 0.348 e. The summed E-state index contributed by atoms with van der Waals surface area (Å²) >= 11 is 11.9. The van der Waals surface area contributed by atoms with E-state index >= 15 is 0 Å². The number of nitrogens with zero attached hydrogens (tertiary/aromatic N) is 2. The van der Waals surface area contributed by atoms with Gasteiger partial charge in [0.15, 0.2) is 0 Å². The van der Waals surface area contributed by atoms with Crippen LogP contribution in [0.4, 0.5) is 14.6 Å². The average Bonchev–Trinajstić information content (AvgIpc) is 2.96. The van der Waals surface area contributed by atoms with E-state index in [1.165, 1.54) is 12.3 Å². The Morgan fingerprint density at radius 1 is 1.40 bits per heavy atom. The number of nitrogens with one attached hydrogen (secondary N) is 2. The molecule has 1 aliphatic rings. The predicted molar refractivity (Wildman–Crippen MR) is 92.9 cm³/mol. The molecule has 1 aromatic carbocycles. The zero-order valence-electron chi connectivity index (χ0n) is 12.7. The first-order valence-electron chi connectivity index (χ1n) is 7.13. The minimum absolute atomic E-state index is 0.123. The first-order valence-corrected chi connectivity index (χ1v) is 7.88. The highest BCUT2D eigenvalue weighted by Gasteiger charge is 2.26. The molecule has 0 saturated heterocycles. The maximum Gasteiger partial charge on any atom is 0.280 e. The topological polar surface area (TPSA) is 59.0 Å². The maximum atomic E-state index is 13.1. The average molecular weight is 385 g/mol. The Labute approximate surface area is 151 Å². The molecular weight excluding hydrogens is 373 g/mol. The Balaban J connectivity index is 1.80. The lowest BCUT2D eigenvalue weighted by Gasteiger charge is -2.19. The molecule has 0 radical (unpaired) electrons. The Hall–Kier alpha value is -2.38. The van der Waals surface area contributed by atoms with Gasteiger partial charge in [-0.1, -0.05) is 35.8 Å². The van der Waals surface area contributed by atoms with Crippen LogP contribution in [0.3, 0.4) is 0 Å². The Kier molecular flexibility index (Phi) is 4.78. The molecule has 130 valence electrons. The molecule has 1 amide bonds. The number of benzene rings is 1. The predicted octanol–water partition coefficient (Wildman–Crippen LogP) is 4.17. The minimum atomic E-state index is -2.75. The molecule has 9 heteroatoms. The number of fused-ring (bicyclic) bond motifs is 1. The fraction of sp³-hybridized carbons (Fsp3) is 0.125. The molecule has 0 saturated carbocycles. The Morgan fingerprint density at radius 2 is 2.16 bits per heavy atom. The number of allylic oxidation sites excluding steroid dienone is 2. The van der Waals surface area contributed by atoms with E-state index in [0.29, 0.717) is 15.6 Å². The molecular formula is C16H12Cl2F2N4O. The van der Waals surface area contributed by atoms with Crippen LogP contribution in [0.5, 0.6) is 0 Å². The highest BCUT2D eigenvalue weighted by atomic mass is 35.5. The third-order valence-electron chi connectivity index (χ3n) is 3.54. The van der Waals surface area contributed by atoms with Crippen LogP contribution in [0.25, 0.3) is 5.70 Å². The fourth-order valence-corrected chi connectivity index (χ4v) is 2.82. The summed E-state index contributed by atoms with van der Waals surface area (Å²) in [7, 11) is 0. The summed E-state index contributed by atoms with van der Waals surface area (Å²) in [6, 6.07) is 4.91. The molecule has 2 N–H and O–H groups in total. The van der Waals surface area contributed by atoms with Gasteiger partial charge in [0.25, 0.3) is 12.3 Å². The van der Waals surface area contributed by atoms with E-state index in [1.807, 2.05) is 0 Å². The number of halogens is 4. The summed E-state index contributed by atoms with van der Waals surface area (Å²) in [6.45, 7) is 3.77. The van der Waals surface area contributed by atoms with Crippen molar-refractivity contribution < 1.29 is 13.6 Å². The van der Waals surface area contributed by atoms with Gasteiger partial charge in [-0.2, -0.15) is 5.10 Å². The molecule has 5 nitrogen and oxygen atoms in total. The lowest BCUT2D eigenvalue weighted by Crippen LogP contribution is -2.25. The standard InChI is InChI=1S/C16H12Cl2F2N4O/c1-8-4-13(14(19)20)24-15(23-8)11(7-22-24)16(25)21-6-9-2-3-10(17)5-12(9)18/h2-5,7,14,23H,1,6H2,(H,21,25). The van der Waals surface area contributed by atoms with Crippen LogP contribution in [-0.4, -0.2) is 22.1 Å². The highest BCUT2D eigenvalue weighted by Crippen LogP contribution is 2.29. The molecule has 0 bridgehead atoms. The van der Waals surface area contributed by atoms with Crippen LogP contribution >= 0.6 is 23.2 Å². The summed E-state index contributed by atoms with van der Waals surface area (Å²) in [5.74, 6) is -0.342. The summed E-state index contributed by atoms with van der Waals surface area (Å²) in [5.41, 5.74) is 0.695. The van der Waals surface area contributed by atoms with Gasteiger partial charge in [0, 0.05) is 22.3 Å². The molecule has 1 aliphatic heterocycles. The number of carbonyl (C=O) groups excluding carboxylic acids is 1. The second-order valence-corrected chi connectivity index (χ2v) is 6.10. The number of aromatic nitrogens is 2. The zero-order chi connectivity index (χ0) is 18.1. The van der Waals surface area contributed by atoms with Gasteiger partial charge in [-0.3, -0.25) is 4.79 Å². The van der Waals surface area contributed by atoms with Gasteiger partial charge in [0.1, 0.15) is 17.1 Å². The Bertz CT molecular complexity index is 892. The van der Waals surface area contributed by atoms with Crippen molar-refractivity contribution in [3.8, 4) is 0 Å². The number of alkyl halides is 2. The lowest BCUT2D eigenvalue weighted by molar-refractivity contribution is 0.0951. The zero-order valence-corrected chi connectivity index (χ0v) is 14.2. The number of anilines is 1. The van der Waals surface area contributed by atoms with Gasteiger partial charge in [-0.25, -0.2) is 13.5 Å². The van der Waals surface area contributed by atoms with Crippen molar-refractivity contribution in [3.63, 3.8) is 0 Å². The lowest BCUT2D eigenvalue weighted by atomic mass is 10.2. The first-order chi connectivity index (χ1) is 11.9. The number of carbonyl (C=O) groups is 1. The number of amides is 1. The molecule has 0 fully saturated rings. The van der Waals surface area contributed by atoms with Gasteiger partial charge >= 0.3 is 0 Å². The molecule has 3 rings (SSSR count). The van der Waals surface area contributed by atoms with Crippen molar-refractivity contribution >= 4 is 40.6 Å². The summed E-state index contributed by atoms with van der Waals surface area (Å²) in [6.07, 6.45) is -0.350. The molecule has 2 aromatic rings. The third-order valence-corrected chi connectivity index (χ3v) is 4.12. The van der Waals surface area contributed by atoms with E-state index in [0.717, 1.165) is 4.68 Å². The monoisotopic (exact) mass is 384 g/mol. The van der Waals surface area contributed by atoms with E-state index in [-0.39, 0.29) is 29.3 Å². The number of hydrogen-bond acceptors (Lipinski definition) is 3. The van der Waals surface area contributed by atoms with Crippen molar-refractivity contribution in [2.45, 2.75) is 13.0 Å². The highest BCUT2D eigenvalue weighted by molar-refractivity contribution is 6.35. The molecule has 1 aromatic heterocycles.